The van der Waals surface area contributed by atoms with E-state index in [0.717, 1.165) is 44.8 Å². The molecule has 3 heteroatoms. The fraction of sp³-hybridized carbons (Fsp3) is 0.0652. The maximum Gasteiger partial charge on any atom is 0.160 e. The maximum atomic E-state index is 5.24. The molecule has 49 heavy (non-hydrogen) atoms. The fourth-order valence-corrected chi connectivity index (χ4v) is 7.47. The van der Waals surface area contributed by atoms with E-state index in [0.29, 0.717) is 5.82 Å². The van der Waals surface area contributed by atoms with Gasteiger partial charge in [-0.1, -0.05) is 135 Å². The van der Waals surface area contributed by atoms with E-state index in [1.54, 1.807) is 0 Å². The molecule has 0 aliphatic heterocycles. The van der Waals surface area contributed by atoms with E-state index in [-0.39, 0.29) is 5.41 Å². The first-order valence-corrected chi connectivity index (χ1v) is 16.8. The first-order valence-electron chi connectivity index (χ1n) is 16.8. The molecule has 1 aliphatic rings. The van der Waals surface area contributed by atoms with Crippen LogP contribution in [0.2, 0.25) is 0 Å². The van der Waals surface area contributed by atoms with Gasteiger partial charge in [0.15, 0.2) is 5.82 Å². The van der Waals surface area contributed by atoms with Crippen LogP contribution in [-0.2, 0) is 5.41 Å². The Labute approximate surface area is 286 Å². The number of aromatic nitrogens is 3. The Morgan fingerprint density at radius 1 is 0.408 bits per heavy atom. The number of hydrogen-bond donors (Lipinski definition) is 0. The molecule has 0 unspecified atom stereocenters. The Bertz CT molecular complexity index is 2500. The number of fused-ring (bicyclic) bond motifs is 4. The van der Waals surface area contributed by atoms with Gasteiger partial charge in [0.2, 0.25) is 0 Å². The summed E-state index contributed by atoms with van der Waals surface area (Å²) in [6, 6.07) is 54.0. The minimum absolute atomic E-state index is 0.120. The van der Waals surface area contributed by atoms with E-state index in [1.165, 1.54) is 38.6 Å². The topological polar surface area (TPSA) is 38.7 Å². The molecule has 9 rings (SSSR count). The van der Waals surface area contributed by atoms with Gasteiger partial charge in [-0.25, -0.2) is 9.97 Å². The quantitative estimate of drug-likeness (QED) is 0.191. The molecule has 0 bridgehead atoms. The van der Waals surface area contributed by atoms with Gasteiger partial charge in [-0.05, 0) is 85.6 Å². The molecule has 0 amide bonds. The average Bonchev–Trinajstić information content (AvgIpc) is 3.39. The second kappa shape index (κ2) is 11.5. The molecule has 2 aromatic heterocycles. The van der Waals surface area contributed by atoms with Crippen molar-refractivity contribution in [3.63, 3.8) is 0 Å². The van der Waals surface area contributed by atoms with Crippen LogP contribution in [0.25, 0.3) is 78.1 Å². The van der Waals surface area contributed by atoms with Crippen LogP contribution in [0.3, 0.4) is 0 Å². The van der Waals surface area contributed by atoms with E-state index in [2.05, 4.69) is 140 Å². The van der Waals surface area contributed by atoms with Gasteiger partial charge in [-0.3, -0.25) is 4.98 Å². The standard InChI is InChI=1S/C46H33N3/c1-46(2)40-18-10-17-38(44(40)39-27-34-13-6-7-14-35(34)28-41(39)46)36-15-8-9-16-37(36)43-29-42(48-45(49-43)33-11-4-3-5-12-33)32-21-19-30(20-22-32)31-23-25-47-26-24-31/h3-29H,1-2H3. The molecule has 6 aromatic carbocycles. The normalized spacial score (nSPS) is 12.9. The van der Waals surface area contributed by atoms with Gasteiger partial charge in [0.25, 0.3) is 0 Å². The smallest absolute Gasteiger partial charge is 0.160 e. The van der Waals surface area contributed by atoms with Gasteiger partial charge in [0, 0.05) is 34.5 Å². The summed E-state index contributed by atoms with van der Waals surface area (Å²) >= 11 is 0. The molecule has 0 radical (unpaired) electrons. The summed E-state index contributed by atoms with van der Waals surface area (Å²) in [5.41, 5.74) is 14.8. The summed E-state index contributed by atoms with van der Waals surface area (Å²) in [5, 5.41) is 2.54. The molecule has 0 spiro atoms. The van der Waals surface area contributed by atoms with Crippen LogP contribution < -0.4 is 0 Å². The molecule has 0 saturated heterocycles. The van der Waals surface area contributed by atoms with E-state index in [4.69, 9.17) is 9.97 Å². The van der Waals surface area contributed by atoms with Crippen molar-refractivity contribution >= 4 is 10.8 Å². The zero-order valence-corrected chi connectivity index (χ0v) is 27.4. The van der Waals surface area contributed by atoms with Crippen molar-refractivity contribution in [2.75, 3.05) is 0 Å². The molecule has 8 aromatic rings. The lowest BCUT2D eigenvalue weighted by molar-refractivity contribution is 0.661. The van der Waals surface area contributed by atoms with Crippen molar-refractivity contribution in [2.45, 2.75) is 19.3 Å². The van der Waals surface area contributed by atoms with Crippen molar-refractivity contribution < 1.29 is 0 Å². The van der Waals surface area contributed by atoms with Crippen molar-refractivity contribution in [3.8, 4) is 67.3 Å². The zero-order chi connectivity index (χ0) is 33.0. The van der Waals surface area contributed by atoms with Crippen molar-refractivity contribution in [3.05, 3.63) is 175 Å². The number of nitrogens with zero attached hydrogens (tertiary/aromatic N) is 3. The highest BCUT2D eigenvalue weighted by molar-refractivity contribution is 6.00. The Morgan fingerprint density at radius 3 is 1.80 bits per heavy atom. The minimum atomic E-state index is -0.120. The molecule has 2 heterocycles. The molecule has 0 saturated carbocycles. The lowest BCUT2D eigenvalue weighted by Gasteiger charge is -2.22. The first-order chi connectivity index (χ1) is 24.0. The Morgan fingerprint density at radius 2 is 1.02 bits per heavy atom. The molecular weight excluding hydrogens is 595 g/mol. The molecule has 3 nitrogen and oxygen atoms in total. The Kier molecular flexibility index (Phi) is 6.80. The summed E-state index contributed by atoms with van der Waals surface area (Å²) in [7, 11) is 0. The molecular formula is C46H33N3. The van der Waals surface area contributed by atoms with Crippen LogP contribution in [0.1, 0.15) is 25.0 Å². The van der Waals surface area contributed by atoms with Crippen LogP contribution in [0, 0.1) is 0 Å². The van der Waals surface area contributed by atoms with Gasteiger partial charge in [-0.2, -0.15) is 0 Å². The van der Waals surface area contributed by atoms with Crippen LogP contribution in [0.4, 0.5) is 0 Å². The summed E-state index contributed by atoms with van der Waals surface area (Å²) in [4.78, 5) is 14.5. The van der Waals surface area contributed by atoms with Gasteiger partial charge in [0.1, 0.15) is 0 Å². The highest BCUT2D eigenvalue weighted by Gasteiger charge is 2.37. The van der Waals surface area contributed by atoms with Gasteiger partial charge in [-0.15, -0.1) is 0 Å². The number of hydrogen-bond acceptors (Lipinski definition) is 3. The highest BCUT2D eigenvalue weighted by atomic mass is 14.9. The second-order valence-electron chi connectivity index (χ2n) is 13.3. The molecule has 0 N–H and O–H groups in total. The monoisotopic (exact) mass is 627 g/mol. The van der Waals surface area contributed by atoms with Gasteiger partial charge in [0.05, 0.1) is 11.4 Å². The average molecular weight is 628 g/mol. The first kappa shape index (κ1) is 29.0. The predicted molar refractivity (Wildman–Crippen MR) is 202 cm³/mol. The van der Waals surface area contributed by atoms with E-state index >= 15 is 0 Å². The summed E-state index contributed by atoms with van der Waals surface area (Å²) in [5.74, 6) is 0.706. The maximum absolute atomic E-state index is 5.24. The number of rotatable bonds is 5. The van der Waals surface area contributed by atoms with Crippen LogP contribution in [0.5, 0.6) is 0 Å². The molecule has 0 fully saturated rings. The minimum Gasteiger partial charge on any atom is -0.265 e. The zero-order valence-electron chi connectivity index (χ0n) is 27.4. The highest BCUT2D eigenvalue weighted by Crippen LogP contribution is 2.54. The van der Waals surface area contributed by atoms with Crippen LogP contribution >= 0.6 is 0 Å². The Balaban J connectivity index is 1.23. The second-order valence-corrected chi connectivity index (χ2v) is 13.3. The molecule has 1 aliphatic carbocycles. The Hall–Kier alpha value is -6.19. The third kappa shape index (κ3) is 4.94. The summed E-state index contributed by atoms with van der Waals surface area (Å²) in [6.45, 7) is 4.70. The third-order valence-electron chi connectivity index (χ3n) is 10.0. The van der Waals surface area contributed by atoms with E-state index in [9.17, 15) is 0 Å². The van der Waals surface area contributed by atoms with Crippen molar-refractivity contribution in [1.29, 1.82) is 0 Å². The van der Waals surface area contributed by atoms with Gasteiger partial charge >= 0.3 is 0 Å². The molecule has 0 atom stereocenters. The van der Waals surface area contributed by atoms with Crippen LogP contribution in [0.15, 0.2) is 164 Å². The van der Waals surface area contributed by atoms with Gasteiger partial charge < -0.3 is 0 Å². The fourth-order valence-electron chi connectivity index (χ4n) is 7.47. The van der Waals surface area contributed by atoms with E-state index < -0.39 is 0 Å². The summed E-state index contributed by atoms with van der Waals surface area (Å²) in [6.07, 6.45) is 3.65. The predicted octanol–water partition coefficient (Wildman–Crippen LogP) is 11.7. The van der Waals surface area contributed by atoms with Crippen molar-refractivity contribution in [1.82, 2.24) is 15.0 Å². The van der Waals surface area contributed by atoms with E-state index in [1.807, 2.05) is 42.7 Å². The third-order valence-corrected chi connectivity index (χ3v) is 10.0. The number of benzene rings is 6. The van der Waals surface area contributed by atoms with Crippen LogP contribution in [-0.4, -0.2) is 15.0 Å². The number of pyridine rings is 1. The lowest BCUT2D eigenvalue weighted by atomic mass is 9.81. The van der Waals surface area contributed by atoms with Crippen molar-refractivity contribution in [2.24, 2.45) is 0 Å². The lowest BCUT2D eigenvalue weighted by Crippen LogP contribution is -2.14. The molecule has 232 valence electrons. The largest absolute Gasteiger partial charge is 0.265 e. The summed E-state index contributed by atoms with van der Waals surface area (Å²) < 4.78 is 0. The SMILES string of the molecule is CC1(C)c2cc3ccccc3cc2-c2c(-c3ccccc3-c3cc(-c4ccc(-c5ccncc5)cc4)nc(-c4ccccc4)n3)cccc21.